The average Bonchev–Trinajstić information content (AvgIpc) is 3.58. The van der Waals surface area contributed by atoms with Crippen LogP contribution in [0.2, 0.25) is 0 Å². The van der Waals surface area contributed by atoms with Gasteiger partial charge < -0.3 is 5.32 Å². The third-order valence-electron chi connectivity index (χ3n) is 5.81. The molecule has 35 heavy (non-hydrogen) atoms. The van der Waals surface area contributed by atoms with Crippen LogP contribution in [0.3, 0.4) is 0 Å². The zero-order valence-corrected chi connectivity index (χ0v) is 19.4. The maximum Gasteiger partial charge on any atom is 0.330 e. The van der Waals surface area contributed by atoms with Gasteiger partial charge in [0.2, 0.25) is 0 Å². The van der Waals surface area contributed by atoms with E-state index in [9.17, 15) is 18.8 Å². The van der Waals surface area contributed by atoms with Gasteiger partial charge in [-0.25, -0.2) is 14.2 Å². The van der Waals surface area contributed by atoms with Crippen LogP contribution >= 0.6 is 0 Å². The molecule has 180 valence electrons. The van der Waals surface area contributed by atoms with E-state index in [1.165, 1.54) is 27.4 Å². The smallest absolute Gasteiger partial charge is 0.322 e. The van der Waals surface area contributed by atoms with Crippen LogP contribution in [0.1, 0.15) is 54.5 Å². The zero-order valence-electron chi connectivity index (χ0n) is 19.4. The number of hydrogen-bond donors (Lipinski definition) is 2. The van der Waals surface area contributed by atoms with E-state index < -0.39 is 23.0 Å². The highest BCUT2D eigenvalue weighted by atomic mass is 19.1. The van der Waals surface area contributed by atoms with Crippen molar-refractivity contribution in [3.63, 3.8) is 0 Å². The molecule has 1 aliphatic carbocycles. The standard InChI is InChI=1S/C23H23FN8O3/c1-11(2)10-31-20-19(22(34)27-23(31)35)15(9-17(26-20)13-4-5-13)21(33)25-14-6-7-16(24)18(8-14)32-12(3)28-29-30-32/h6-9,11,13H,4-5,10H2,1-3H3,(H,25,33)(H,27,34,35). The second-order valence-electron chi connectivity index (χ2n) is 9.09. The van der Waals surface area contributed by atoms with Crippen LogP contribution in [0.5, 0.6) is 0 Å². The molecule has 3 heterocycles. The van der Waals surface area contributed by atoms with Crippen LogP contribution in [0.25, 0.3) is 16.7 Å². The van der Waals surface area contributed by atoms with Crippen molar-refractivity contribution in [2.75, 3.05) is 5.32 Å². The lowest BCUT2D eigenvalue weighted by molar-refractivity contribution is 0.102. The first kappa shape index (κ1) is 22.6. The molecule has 1 fully saturated rings. The summed E-state index contributed by atoms with van der Waals surface area (Å²) in [6.45, 7) is 5.84. The molecule has 0 bridgehead atoms. The Morgan fingerprint density at radius 1 is 1.26 bits per heavy atom. The van der Waals surface area contributed by atoms with Gasteiger partial charge in [0.05, 0.1) is 10.9 Å². The number of pyridine rings is 1. The maximum atomic E-state index is 14.5. The van der Waals surface area contributed by atoms with Crippen LogP contribution < -0.4 is 16.6 Å². The number of nitrogens with one attached hydrogen (secondary N) is 2. The number of aryl methyl sites for hydroxylation is 1. The molecule has 11 nitrogen and oxygen atoms in total. The second-order valence-corrected chi connectivity index (χ2v) is 9.09. The Morgan fingerprint density at radius 3 is 2.69 bits per heavy atom. The van der Waals surface area contributed by atoms with Crippen molar-refractivity contribution in [2.45, 2.75) is 46.1 Å². The third-order valence-corrected chi connectivity index (χ3v) is 5.81. The molecule has 3 aromatic heterocycles. The molecule has 1 aliphatic rings. The number of rotatable bonds is 6. The molecule has 0 spiro atoms. The van der Waals surface area contributed by atoms with E-state index in [-0.39, 0.29) is 39.8 Å². The largest absolute Gasteiger partial charge is 0.330 e. The molecule has 5 rings (SSSR count). The molecule has 1 amide bonds. The van der Waals surface area contributed by atoms with Gasteiger partial charge in [0.25, 0.3) is 11.5 Å². The summed E-state index contributed by atoms with van der Waals surface area (Å²) in [5.74, 6) is -0.495. The number of benzene rings is 1. The molecular formula is C23H23FN8O3. The first-order valence-corrected chi connectivity index (χ1v) is 11.3. The fraction of sp³-hybridized carbons (Fsp3) is 0.348. The lowest BCUT2D eigenvalue weighted by atomic mass is 10.1. The number of fused-ring (bicyclic) bond motifs is 1. The van der Waals surface area contributed by atoms with E-state index in [4.69, 9.17) is 0 Å². The van der Waals surface area contributed by atoms with Crippen molar-refractivity contribution in [1.82, 2.24) is 34.7 Å². The number of carbonyl (C=O) groups excluding carboxylic acids is 1. The molecule has 0 saturated heterocycles. The Morgan fingerprint density at radius 2 is 2.03 bits per heavy atom. The Bertz CT molecular complexity index is 1580. The van der Waals surface area contributed by atoms with Gasteiger partial charge in [-0.1, -0.05) is 13.8 Å². The highest BCUT2D eigenvalue weighted by molar-refractivity contribution is 6.12. The molecule has 0 unspecified atom stereocenters. The average molecular weight is 478 g/mol. The molecule has 0 radical (unpaired) electrons. The van der Waals surface area contributed by atoms with Gasteiger partial charge in [0, 0.05) is 23.8 Å². The summed E-state index contributed by atoms with van der Waals surface area (Å²) in [5, 5.41) is 13.8. The number of aromatic nitrogens is 7. The molecule has 0 aliphatic heterocycles. The van der Waals surface area contributed by atoms with Gasteiger partial charge in [-0.3, -0.25) is 19.1 Å². The fourth-order valence-corrected chi connectivity index (χ4v) is 4.00. The first-order valence-electron chi connectivity index (χ1n) is 11.3. The van der Waals surface area contributed by atoms with Crippen molar-refractivity contribution < 1.29 is 9.18 Å². The molecular weight excluding hydrogens is 455 g/mol. The highest BCUT2D eigenvalue weighted by Crippen LogP contribution is 2.40. The van der Waals surface area contributed by atoms with Crippen molar-refractivity contribution in [3.05, 3.63) is 68.0 Å². The van der Waals surface area contributed by atoms with Crippen molar-refractivity contribution in [1.29, 1.82) is 0 Å². The second kappa shape index (κ2) is 8.53. The van der Waals surface area contributed by atoms with Crippen LogP contribution in [-0.4, -0.2) is 40.6 Å². The van der Waals surface area contributed by atoms with Crippen LogP contribution in [0, 0.1) is 18.7 Å². The van der Waals surface area contributed by atoms with E-state index in [1.807, 2.05) is 13.8 Å². The molecule has 1 saturated carbocycles. The summed E-state index contributed by atoms with van der Waals surface area (Å²) in [5.41, 5.74) is 0.0379. The monoisotopic (exact) mass is 478 g/mol. The Balaban J connectivity index is 1.62. The number of tetrazole rings is 1. The minimum Gasteiger partial charge on any atom is -0.322 e. The Hall–Kier alpha value is -4.22. The van der Waals surface area contributed by atoms with Gasteiger partial charge in [-0.15, -0.1) is 5.10 Å². The molecule has 0 atom stereocenters. The molecule has 12 heteroatoms. The number of halogens is 1. The molecule has 1 aromatic carbocycles. The number of H-pyrrole nitrogens is 1. The summed E-state index contributed by atoms with van der Waals surface area (Å²) >= 11 is 0. The predicted octanol–water partition coefficient (Wildman–Crippen LogP) is 2.29. The van der Waals surface area contributed by atoms with Crippen molar-refractivity contribution >= 4 is 22.6 Å². The molecule has 2 N–H and O–H groups in total. The van der Waals surface area contributed by atoms with Gasteiger partial charge in [0.15, 0.2) is 11.5 Å². The molecule has 4 aromatic rings. The number of amides is 1. The summed E-state index contributed by atoms with van der Waals surface area (Å²) in [6.07, 6.45) is 1.84. The van der Waals surface area contributed by atoms with Gasteiger partial charge in [-0.2, -0.15) is 4.68 Å². The minimum atomic E-state index is -0.686. The van der Waals surface area contributed by atoms with Gasteiger partial charge in [-0.05, 0) is 60.4 Å². The number of hydrogen-bond acceptors (Lipinski definition) is 7. The van der Waals surface area contributed by atoms with Crippen molar-refractivity contribution in [2.24, 2.45) is 5.92 Å². The van der Waals surface area contributed by atoms with Gasteiger partial charge in [0.1, 0.15) is 11.5 Å². The van der Waals surface area contributed by atoms with Gasteiger partial charge >= 0.3 is 5.69 Å². The van der Waals surface area contributed by atoms with E-state index in [2.05, 4.69) is 30.8 Å². The van der Waals surface area contributed by atoms with E-state index in [0.717, 1.165) is 12.8 Å². The summed E-state index contributed by atoms with van der Waals surface area (Å²) in [7, 11) is 0. The zero-order chi connectivity index (χ0) is 24.9. The quantitative estimate of drug-likeness (QED) is 0.433. The third kappa shape index (κ3) is 4.22. The number of nitrogens with zero attached hydrogens (tertiary/aromatic N) is 6. The fourth-order valence-electron chi connectivity index (χ4n) is 4.00. The lowest BCUT2D eigenvalue weighted by Gasteiger charge is -2.15. The summed E-state index contributed by atoms with van der Waals surface area (Å²) in [4.78, 5) is 45.8. The maximum absolute atomic E-state index is 14.5. The van der Waals surface area contributed by atoms with E-state index >= 15 is 0 Å². The summed E-state index contributed by atoms with van der Waals surface area (Å²) < 4.78 is 17.1. The van der Waals surface area contributed by atoms with E-state index in [1.54, 1.807) is 13.0 Å². The normalized spacial score (nSPS) is 13.5. The van der Waals surface area contributed by atoms with Crippen LogP contribution in [0.15, 0.2) is 33.9 Å². The Labute approximate surface area is 198 Å². The first-order chi connectivity index (χ1) is 16.7. The predicted molar refractivity (Wildman–Crippen MR) is 125 cm³/mol. The number of aromatic amines is 1. The van der Waals surface area contributed by atoms with Crippen LogP contribution in [-0.2, 0) is 6.54 Å². The lowest BCUT2D eigenvalue weighted by Crippen LogP contribution is -2.33. The number of carbonyl (C=O) groups is 1. The van der Waals surface area contributed by atoms with E-state index in [0.29, 0.717) is 18.1 Å². The Kier molecular flexibility index (Phi) is 5.50. The summed E-state index contributed by atoms with van der Waals surface area (Å²) in [6, 6.07) is 5.60. The minimum absolute atomic E-state index is 0.0332. The van der Waals surface area contributed by atoms with Crippen molar-refractivity contribution in [3.8, 4) is 5.69 Å². The van der Waals surface area contributed by atoms with Crippen LogP contribution in [0.4, 0.5) is 10.1 Å². The topological polar surface area (TPSA) is 140 Å². The number of anilines is 1. The highest BCUT2D eigenvalue weighted by Gasteiger charge is 2.29. The SMILES string of the molecule is Cc1nnnn1-c1cc(NC(=O)c2cc(C3CC3)nc3c2c(=O)[nH]c(=O)n3CC(C)C)ccc1F.